The molecule has 0 N–H and O–H groups in total. The third-order valence-electron chi connectivity index (χ3n) is 2.98. The third kappa shape index (κ3) is 4.22. The third-order valence-corrected chi connectivity index (χ3v) is 2.98. The van der Waals surface area contributed by atoms with Crippen molar-refractivity contribution in [3.05, 3.63) is 23.3 Å². The lowest BCUT2D eigenvalue weighted by Gasteiger charge is -2.13. The summed E-state index contributed by atoms with van der Waals surface area (Å²) in [7, 11) is 2.84. The van der Waals surface area contributed by atoms with E-state index in [4.69, 9.17) is 9.47 Å². The van der Waals surface area contributed by atoms with E-state index in [-0.39, 0.29) is 0 Å². The Morgan fingerprint density at radius 2 is 1.95 bits per heavy atom. The molecule has 0 aliphatic carbocycles. The molecule has 0 unspecified atom stereocenters. The Morgan fingerprint density at radius 3 is 2.45 bits per heavy atom. The number of carbonyl (C=O) groups excluding carboxylic acids is 1. The first kappa shape index (κ1) is 17.5. The summed E-state index contributed by atoms with van der Waals surface area (Å²) in [6, 6.07) is 3.20. The van der Waals surface area contributed by atoms with Gasteiger partial charge >= 0.3 is 5.97 Å². The van der Waals surface area contributed by atoms with Gasteiger partial charge in [0.2, 0.25) is 0 Å². The second kappa shape index (κ2) is 8.67. The highest BCUT2D eigenvalue weighted by molar-refractivity contribution is 5.91. The summed E-state index contributed by atoms with van der Waals surface area (Å²) in [6.45, 7) is 7.19. The minimum absolute atomic E-state index is 0.360. The van der Waals surface area contributed by atoms with Crippen LogP contribution in [-0.4, -0.2) is 38.3 Å². The highest BCUT2D eigenvalue weighted by atomic mass is 16.5. The topological polar surface area (TPSA) is 63.5 Å². The van der Waals surface area contributed by atoms with Gasteiger partial charge in [-0.1, -0.05) is 11.1 Å². The van der Waals surface area contributed by atoms with Gasteiger partial charge in [0.25, 0.3) is 0 Å². The van der Waals surface area contributed by atoms with Crippen LogP contribution in [0, 0.1) is 11.8 Å². The number of carbonyl (C=O) groups is 1. The highest BCUT2D eigenvalue weighted by Gasteiger charge is 2.15. The van der Waals surface area contributed by atoms with Gasteiger partial charge in [-0.2, -0.15) is 0 Å². The van der Waals surface area contributed by atoms with E-state index in [9.17, 15) is 4.79 Å². The Labute approximate surface area is 131 Å². The summed E-state index contributed by atoms with van der Waals surface area (Å²) < 4.78 is 10.1. The fourth-order valence-corrected chi connectivity index (χ4v) is 1.79. The van der Waals surface area contributed by atoms with Crippen LogP contribution in [0.4, 0.5) is 5.69 Å². The first-order valence-corrected chi connectivity index (χ1v) is 7.00. The minimum Gasteiger partial charge on any atom is -0.494 e. The maximum Gasteiger partial charge on any atom is 0.338 e. The first-order chi connectivity index (χ1) is 10.6. The molecule has 6 nitrogen and oxygen atoms in total. The lowest BCUT2D eigenvalue weighted by Crippen LogP contribution is -2.14. The minimum atomic E-state index is -0.454. The summed E-state index contributed by atoms with van der Waals surface area (Å²) in [5.41, 5.74) is 1.42. The molecule has 1 aromatic rings. The molecule has 118 valence electrons. The van der Waals surface area contributed by atoms with Crippen molar-refractivity contribution >= 4 is 11.7 Å². The number of nitrogens with zero attached hydrogens (tertiary/aromatic N) is 3. The number of ether oxygens (including phenoxy) is 2. The predicted octanol–water partition coefficient (Wildman–Crippen LogP) is 3.19. The number of hydrogen-bond acceptors (Lipinski definition) is 5. The number of benzene rings is 1. The molecule has 0 heterocycles. The lowest BCUT2D eigenvalue weighted by molar-refractivity contribution is 0.0600. The van der Waals surface area contributed by atoms with Gasteiger partial charge in [0.15, 0.2) is 0 Å². The lowest BCUT2D eigenvalue weighted by atomic mass is 10.1. The van der Waals surface area contributed by atoms with Crippen molar-refractivity contribution in [1.82, 2.24) is 5.01 Å². The fraction of sp³-hybridized carbons (Fsp3) is 0.438. The molecule has 0 aliphatic heterocycles. The summed E-state index contributed by atoms with van der Waals surface area (Å²) in [4.78, 5) is 11.7. The standard InChI is InChI=1S/C16H21N3O3/c1-6-9-12-10-13(16(20)22-5)11-14(21-4)15(12)17-18-19(7-2)8-3/h10-11H,7-8H2,1-5H3. The van der Waals surface area contributed by atoms with Crippen molar-refractivity contribution in [2.45, 2.75) is 20.8 Å². The van der Waals surface area contributed by atoms with Crippen LogP contribution >= 0.6 is 0 Å². The van der Waals surface area contributed by atoms with Crippen molar-refractivity contribution in [3.63, 3.8) is 0 Å². The summed E-state index contributed by atoms with van der Waals surface area (Å²) >= 11 is 0. The Hall–Kier alpha value is -2.55. The van der Waals surface area contributed by atoms with Crippen LogP contribution in [0.25, 0.3) is 0 Å². The van der Waals surface area contributed by atoms with Gasteiger partial charge in [-0.3, -0.25) is 5.01 Å². The number of esters is 1. The van der Waals surface area contributed by atoms with E-state index in [1.807, 2.05) is 13.8 Å². The Bertz CT molecular complexity index is 611. The predicted molar refractivity (Wildman–Crippen MR) is 84.3 cm³/mol. The van der Waals surface area contributed by atoms with E-state index in [0.29, 0.717) is 22.6 Å². The molecule has 0 saturated heterocycles. The Balaban J connectivity index is 3.40. The number of hydrogen-bond donors (Lipinski definition) is 0. The van der Waals surface area contributed by atoms with E-state index < -0.39 is 5.97 Å². The van der Waals surface area contributed by atoms with E-state index in [0.717, 1.165) is 13.1 Å². The van der Waals surface area contributed by atoms with Crippen molar-refractivity contribution in [2.24, 2.45) is 10.3 Å². The highest BCUT2D eigenvalue weighted by Crippen LogP contribution is 2.33. The molecule has 0 atom stereocenters. The molecule has 0 amide bonds. The van der Waals surface area contributed by atoms with Gasteiger partial charge in [-0.15, -0.1) is 11.0 Å². The van der Waals surface area contributed by atoms with Gasteiger partial charge in [-0.25, -0.2) is 4.79 Å². The molecular formula is C16H21N3O3. The molecule has 22 heavy (non-hydrogen) atoms. The molecule has 0 saturated carbocycles. The maximum absolute atomic E-state index is 11.7. The molecule has 0 aliphatic rings. The molecule has 1 rings (SSSR count). The average molecular weight is 303 g/mol. The zero-order valence-corrected chi connectivity index (χ0v) is 13.6. The van der Waals surface area contributed by atoms with E-state index >= 15 is 0 Å². The second-order valence-corrected chi connectivity index (χ2v) is 4.27. The average Bonchev–Trinajstić information content (AvgIpc) is 2.55. The van der Waals surface area contributed by atoms with Crippen molar-refractivity contribution in [2.75, 3.05) is 27.3 Å². The van der Waals surface area contributed by atoms with Crippen LogP contribution in [0.15, 0.2) is 22.5 Å². The fourth-order valence-electron chi connectivity index (χ4n) is 1.79. The Kier molecular flexibility index (Phi) is 6.90. The zero-order valence-electron chi connectivity index (χ0n) is 13.6. The van der Waals surface area contributed by atoms with Gasteiger partial charge in [0, 0.05) is 13.1 Å². The molecule has 0 radical (unpaired) electrons. The van der Waals surface area contributed by atoms with Gasteiger partial charge < -0.3 is 9.47 Å². The summed E-state index contributed by atoms with van der Waals surface area (Å²) in [6.07, 6.45) is 0. The summed E-state index contributed by atoms with van der Waals surface area (Å²) in [5.74, 6) is 5.70. The number of rotatable bonds is 6. The van der Waals surface area contributed by atoms with E-state index in [1.54, 1.807) is 24.1 Å². The van der Waals surface area contributed by atoms with Crippen LogP contribution in [0.1, 0.15) is 36.7 Å². The molecule has 0 aromatic heterocycles. The van der Waals surface area contributed by atoms with Crippen LogP contribution in [0.2, 0.25) is 0 Å². The van der Waals surface area contributed by atoms with Crippen LogP contribution in [0.5, 0.6) is 5.75 Å². The van der Waals surface area contributed by atoms with Crippen molar-refractivity contribution in [1.29, 1.82) is 0 Å². The van der Waals surface area contributed by atoms with E-state index in [2.05, 4.69) is 22.2 Å². The molecule has 0 bridgehead atoms. The van der Waals surface area contributed by atoms with Crippen molar-refractivity contribution < 1.29 is 14.3 Å². The normalized spacial score (nSPS) is 10.0. The van der Waals surface area contributed by atoms with Gasteiger partial charge in [0.1, 0.15) is 11.4 Å². The largest absolute Gasteiger partial charge is 0.494 e. The first-order valence-electron chi connectivity index (χ1n) is 7.00. The number of methoxy groups -OCH3 is 2. The molecule has 6 heteroatoms. The molecule has 1 aromatic carbocycles. The summed E-state index contributed by atoms with van der Waals surface area (Å²) in [5, 5.41) is 10.2. The monoisotopic (exact) mass is 303 g/mol. The van der Waals surface area contributed by atoms with Crippen LogP contribution in [0.3, 0.4) is 0 Å². The molecule has 0 fully saturated rings. The maximum atomic E-state index is 11.7. The smallest absolute Gasteiger partial charge is 0.338 e. The van der Waals surface area contributed by atoms with Crippen LogP contribution in [-0.2, 0) is 4.74 Å². The Morgan fingerprint density at radius 1 is 1.27 bits per heavy atom. The van der Waals surface area contributed by atoms with Gasteiger partial charge in [-0.05, 0) is 32.9 Å². The van der Waals surface area contributed by atoms with E-state index in [1.165, 1.54) is 14.2 Å². The zero-order chi connectivity index (χ0) is 16.5. The molecular weight excluding hydrogens is 282 g/mol. The van der Waals surface area contributed by atoms with Gasteiger partial charge in [0.05, 0.1) is 25.3 Å². The second-order valence-electron chi connectivity index (χ2n) is 4.27. The quantitative estimate of drug-likeness (QED) is 0.350. The van der Waals surface area contributed by atoms with Crippen molar-refractivity contribution in [3.8, 4) is 17.6 Å². The molecule has 0 spiro atoms. The SMILES string of the molecule is CC#Cc1cc(C(=O)OC)cc(OC)c1N=NN(CC)CC. The van der Waals surface area contributed by atoms with Crippen LogP contribution < -0.4 is 4.74 Å².